The van der Waals surface area contributed by atoms with E-state index in [9.17, 15) is 4.79 Å². The average Bonchev–Trinajstić information content (AvgIpc) is 2.71. The Labute approximate surface area is 153 Å². The Morgan fingerprint density at radius 3 is 2.46 bits per heavy atom. The molecule has 0 unspecified atom stereocenters. The predicted molar refractivity (Wildman–Crippen MR) is 103 cm³/mol. The van der Waals surface area contributed by atoms with Crippen LogP contribution >= 0.6 is 0 Å². The zero-order chi connectivity index (χ0) is 18.0. The fraction of sp³-hybridized carbons (Fsp3) is 0.0909. The highest BCUT2D eigenvalue weighted by Crippen LogP contribution is 2.17. The number of alkyl carbamates (subject to hydrolysis) is 1. The van der Waals surface area contributed by atoms with E-state index in [0.717, 1.165) is 22.4 Å². The first-order valence-corrected chi connectivity index (χ1v) is 8.44. The van der Waals surface area contributed by atoms with E-state index in [1.165, 1.54) is 0 Å². The number of hydrogen-bond acceptors (Lipinski definition) is 3. The van der Waals surface area contributed by atoms with Crippen molar-refractivity contribution >= 4 is 12.2 Å². The van der Waals surface area contributed by atoms with Gasteiger partial charge in [-0.1, -0.05) is 72.8 Å². The predicted octanol–water partition coefficient (Wildman–Crippen LogP) is 4.69. The van der Waals surface area contributed by atoms with Crippen LogP contribution in [0.25, 0.3) is 17.3 Å². The number of benzene rings is 2. The third kappa shape index (κ3) is 5.31. The van der Waals surface area contributed by atoms with E-state index >= 15 is 0 Å². The molecule has 0 saturated heterocycles. The second-order valence-electron chi connectivity index (χ2n) is 5.68. The summed E-state index contributed by atoms with van der Waals surface area (Å²) < 4.78 is 5.15. The monoisotopic (exact) mass is 344 g/mol. The maximum atomic E-state index is 11.7. The smallest absolute Gasteiger partial charge is 0.407 e. The molecule has 0 aliphatic rings. The van der Waals surface area contributed by atoms with Gasteiger partial charge in [-0.15, -0.1) is 0 Å². The van der Waals surface area contributed by atoms with E-state index in [1.54, 1.807) is 6.20 Å². The van der Waals surface area contributed by atoms with Crippen LogP contribution in [0.2, 0.25) is 0 Å². The van der Waals surface area contributed by atoms with Gasteiger partial charge >= 0.3 is 6.09 Å². The molecule has 1 aromatic heterocycles. The molecule has 0 spiro atoms. The second kappa shape index (κ2) is 9.18. The van der Waals surface area contributed by atoms with Crippen LogP contribution in [-0.2, 0) is 11.3 Å². The molecule has 4 heteroatoms. The van der Waals surface area contributed by atoms with E-state index < -0.39 is 6.09 Å². The lowest BCUT2D eigenvalue weighted by atomic mass is 10.1. The quantitative estimate of drug-likeness (QED) is 0.706. The van der Waals surface area contributed by atoms with Crippen molar-refractivity contribution in [2.75, 3.05) is 6.54 Å². The van der Waals surface area contributed by atoms with Crippen molar-refractivity contribution < 1.29 is 9.53 Å². The van der Waals surface area contributed by atoms with Gasteiger partial charge in [-0.2, -0.15) is 0 Å². The van der Waals surface area contributed by atoms with Crippen molar-refractivity contribution in [3.8, 4) is 11.3 Å². The summed E-state index contributed by atoms with van der Waals surface area (Å²) in [5, 5.41) is 2.70. The van der Waals surface area contributed by atoms with E-state index in [4.69, 9.17) is 4.74 Å². The number of nitrogens with one attached hydrogen (secondary N) is 1. The van der Waals surface area contributed by atoms with Crippen molar-refractivity contribution in [3.05, 3.63) is 96.2 Å². The van der Waals surface area contributed by atoms with Crippen LogP contribution in [-0.4, -0.2) is 17.6 Å². The van der Waals surface area contributed by atoms with Gasteiger partial charge in [-0.3, -0.25) is 4.98 Å². The number of carbonyl (C=O) groups excluding carboxylic acids is 1. The number of amides is 1. The first-order chi connectivity index (χ1) is 12.8. The van der Waals surface area contributed by atoms with E-state index in [1.807, 2.05) is 84.9 Å². The van der Waals surface area contributed by atoms with E-state index in [2.05, 4.69) is 10.3 Å². The topological polar surface area (TPSA) is 51.2 Å². The number of pyridine rings is 1. The molecule has 0 saturated carbocycles. The zero-order valence-electron chi connectivity index (χ0n) is 14.3. The van der Waals surface area contributed by atoms with Gasteiger partial charge in [-0.05, 0) is 23.3 Å². The molecule has 0 aliphatic carbocycles. The Morgan fingerprint density at radius 1 is 0.962 bits per heavy atom. The highest BCUT2D eigenvalue weighted by atomic mass is 16.5. The van der Waals surface area contributed by atoms with Crippen LogP contribution in [0.3, 0.4) is 0 Å². The minimum atomic E-state index is -0.427. The van der Waals surface area contributed by atoms with Gasteiger partial charge in [0.25, 0.3) is 0 Å². The zero-order valence-corrected chi connectivity index (χ0v) is 14.3. The summed E-state index contributed by atoms with van der Waals surface area (Å²) in [5.41, 5.74) is 4.05. The molecule has 1 N–H and O–H groups in total. The molecule has 0 fully saturated rings. The van der Waals surface area contributed by atoms with Crippen LogP contribution in [0.4, 0.5) is 4.79 Å². The van der Waals surface area contributed by atoms with Gasteiger partial charge in [0.2, 0.25) is 0 Å². The lowest BCUT2D eigenvalue weighted by molar-refractivity contribution is 0.141. The number of hydrogen-bond donors (Lipinski definition) is 1. The first kappa shape index (κ1) is 17.4. The van der Waals surface area contributed by atoms with E-state index in [-0.39, 0.29) is 6.61 Å². The van der Waals surface area contributed by atoms with Crippen molar-refractivity contribution in [1.82, 2.24) is 10.3 Å². The molecule has 0 aliphatic heterocycles. The van der Waals surface area contributed by atoms with Gasteiger partial charge in [0.15, 0.2) is 0 Å². The number of carbonyl (C=O) groups is 1. The largest absolute Gasteiger partial charge is 0.445 e. The summed E-state index contributed by atoms with van der Waals surface area (Å²) in [5.74, 6) is 0. The molecule has 2 aromatic carbocycles. The van der Waals surface area contributed by atoms with Crippen LogP contribution in [0, 0.1) is 0 Å². The third-order valence-corrected chi connectivity index (χ3v) is 3.76. The Bertz CT molecular complexity index is 844. The highest BCUT2D eigenvalue weighted by molar-refractivity contribution is 5.68. The van der Waals surface area contributed by atoms with Crippen molar-refractivity contribution in [3.63, 3.8) is 0 Å². The van der Waals surface area contributed by atoms with Crippen LogP contribution in [0.15, 0.2) is 85.1 Å². The Balaban J connectivity index is 1.43. The molecule has 3 aromatic rings. The SMILES string of the molecule is O=C(NCC=Cc1ccc(-c2ccccn2)cc1)OCc1ccccc1. The van der Waals surface area contributed by atoms with Crippen LogP contribution < -0.4 is 5.32 Å². The number of rotatable bonds is 6. The lowest BCUT2D eigenvalue weighted by Gasteiger charge is -2.05. The van der Waals surface area contributed by atoms with Gasteiger partial charge < -0.3 is 10.1 Å². The van der Waals surface area contributed by atoms with Gasteiger partial charge in [0.1, 0.15) is 6.61 Å². The Kier molecular flexibility index (Phi) is 6.15. The first-order valence-electron chi connectivity index (χ1n) is 8.44. The molecule has 26 heavy (non-hydrogen) atoms. The number of aromatic nitrogens is 1. The fourth-order valence-corrected chi connectivity index (χ4v) is 2.41. The molecule has 0 atom stereocenters. The minimum Gasteiger partial charge on any atom is -0.445 e. The second-order valence-corrected chi connectivity index (χ2v) is 5.68. The Morgan fingerprint density at radius 2 is 1.73 bits per heavy atom. The number of nitrogens with zero attached hydrogens (tertiary/aromatic N) is 1. The van der Waals surface area contributed by atoms with Gasteiger partial charge in [0, 0.05) is 18.3 Å². The summed E-state index contributed by atoms with van der Waals surface area (Å²) in [6.07, 6.45) is 5.20. The maximum Gasteiger partial charge on any atom is 0.407 e. The van der Waals surface area contributed by atoms with Crippen LogP contribution in [0.1, 0.15) is 11.1 Å². The molecular formula is C22H20N2O2. The fourth-order valence-electron chi connectivity index (χ4n) is 2.41. The molecule has 130 valence electrons. The molecular weight excluding hydrogens is 324 g/mol. The van der Waals surface area contributed by atoms with Crippen molar-refractivity contribution in [2.24, 2.45) is 0 Å². The maximum absolute atomic E-state index is 11.7. The standard InChI is InChI=1S/C22H20N2O2/c25-22(26-17-19-7-2-1-3-8-19)24-16-6-9-18-11-13-20(14-12-18)21-10-4-5-15-23-21/h1-15H,16-17H2,(H,24,25). The summed E-state index contributed by atoms with van der Waals surface area (Å²) in [6, 6.07) is 23.6. The summed E-state index contributed by atoms with van der Waals surface area (Å²) in [6.45, 7) is 0.682. The van der Waals surface area contributed by atoms with Gasteiger partial charge in [-0.25, -0.2) is 4.79 Å². The normalized spacial score (nSPS) is 10.6. The minimum absolute atomic E-state index is 0.269. The van der Waals surface area contributed by atoms with Crippen LogP contribution in [0.5, 0.6) is 0 Å². The third-order valence-electron chi connectivity index (χ3n) is 3.76. The Hall–Kier alpha value is -3.40. The van der Waals surface area contributed by atoms with Crippen molar-refractivity contribution in [2.45, 2.75) is 6.61 Å². The molecule has 1 heterocycles. The summed E-state index contributed by atoms with van der Waals surface area (Å²) in [4.78, 5) is 16.0. The van der Waals surface area contributed by atoms with Gasteiger partial charge in [0.05, 0.1) is 5.69 Å². The van der Waals surface area contributed by atoms with Crippen molar-refractivity contribution in [1.29, 1.82) is 0 Å². The molecule has 0 bridgehead atoms. The average molecular weight is 344 g/mol. The molecule has 4 nitrogen and oxygen atoms in total. The lowest BCUT2D eigenvalue weighted by Crippen LogP contribution is -2.24. The molecule has 0 radical (unpaired) electrons. The number of ether oxygens (including phenoxy) is 1. The molecule has 3 rings (SSSR count). The van der Waals surface area contributed by atoms with E-state index in [0.29, 0.717) is 6.54 Å². The highest BCUT2D eigenvalue weighted by Gasteiger charge is 2.00. The molecule has 1 amide bonds. The summed E-state index contributed by atoms with van der Waals surface area (Å²) >= 11 is 0. The summed E-state index contributed by atoms with van der Waals surface area (Å²) in [7, 11) is 0.